The van der Waals surface area contributed by atoms with E-state index in [2.05, 4.69) is 10.1 Å². The summed E-state index contributed by atoms with van der Waals surface area (Å²) in [6.45, 7) is 1.79. The van der Waals surface area contributed by atoms with Crippen LogP contribution in [-0.2, 0) is 4.79 Å². The molecule has 0 radical (unpaired) electrons. The number of thiazole rings is 1. The molecule has 26 heavy (non-hydrogen) atoms. The number of nitrogens with zero attached hydrogens (tertiary/aromatic N) is 3. The second-order valence-electron chi connectivity index (χ2n) is 5.76. The molecule has 1 amide bonds. The molecule has 3 aromatic rings. The Morgan fingerprint density at radius 3 is 2.81 bits per heavy atom. The van der Waals surface area contributed by atoms with E-state index in [0.29, 0.717) is 22.2 Å². The number of aromatic hydroxyl groups is 1. The Kier molecular flexibility index (Phi) is 3.93. The number of amides is 1. The minimum Gasteiger partial charge on any atom is -0.504 e. The molecule has 1 N–H and O–H groups in total. The van der Waals surface area contributed by atoms with Crippen LogP contribution < -0.4 is 9.75 Å². The monoisotopic (exact) mass is 365 g/mol. The number of fused-ring (bicyclic) bond motifs is 1. The van der Waals surface area contributed by atoms with Crippen LogP contribution in [0.4, 0.5) is 5.13 Å². The molecule has 2 heterocycles. The summed E-state index contributed by atoms with van der Waals surface area (Å²) in [6, 6.07) is 12.6. The van der Waals surface area contributed by atoms with Crippen molar-refractivity contribution in [1.29, 1.82) is 0 Å². The summed E-state index contributed by atoms with van der Waals surface area (Å²) in [5.41, 5.74) is 2.68. The fraction of sp³-hybridized carbons (Fsp3) is 0.105. The summed E-state index contributed by atoms with van der Waals surface area (Å²) >= 11 is 1.42. The standard InChI is InChI=1S/C19H15N3O3S/c1-11-13(9-12-7-8-15(23)16(10-12)25-2)18(24)22(21-11)19-20-14-5-3-4-6-17(14)26-19/h3-10,23H,1-2H3. The minimum absolute atomic E-state index is 0.0499. The molecular formula is C19H15N3O3S. The highest BCUT2D eigenvalue weighted by atomic mass is 32.1. The predicted molar refractivity (Wildman–Crippen MR) is 103 cm³/mol. The zero-order valence-electron chi connectivity index (χ0n) is 14.1. The molecule has 6 nitrogen and oxygen atoms in total. The molecule has 130 valence electrons. The van der Waals surface area contributed by atoms with Gasteiger partial charge in [0, 0.05) is 0 Å². The number of phenols is 1. The second-order valence-corrected chi connectivity index (χ2v) is 6.76. The van der Waals surface area contributed by atoms with E-state index in [4.69, 9.17) is 4.74 Å². The molecule has 1 aliphatic heterocycles. The van der Waals surface area contributed by atoms with Gasteiger partial charge in [-0.25, -0.2) is 4.98 Å². The highest BCUT2D eigenvalue weighted by Gasteiger charge is 2.30. The van der Waals surface area contributed by atoms with E-state index >= 15 is 0 Å². The zero-order chi connectivity index (χ0) is 18.3. The van der Waals surface area contributed by atoms with E-state index in [1.807, 2.05) is 24.3 Å². The molecular weight excluding hydrogens is 350 g/mol. The van der Waals surface area contributed by atoms with E-state index in [0.717, 1.165) is 15.8 Å². The molecule has 0 bridgehead atoms. The smallest absolute Gasteiger partial charge is 0.282 e. The number of anilines is 1. The molecule has 0 atom stereocenters. The van der Waals surface area contributed by atoms with Crippen LogP contribution in [0, 0.1) is 0 Å². The van der Waals surface area contributed by atoms with Crippen LogP contribution in [0.15, 0.2) is 53.1 Å². The summed E-state index contributed by atoms with van der Waals surface area (Å²) in [7, 11) is 1.48. The van der Waals surface area contributed by atoms with Gasteiger partial charge in [-0.05, 0) is 42.8 Å². The van der Waals surface area contributed by atoms with Gasteiger partial charge < -0.3 is 9.84 Å². The van der Waals surface area contributed by atoms with Crippen molar-refractivity contribution in [2.45, 2.75) is 6.92 Å². The number of carbonyl (C=O) groups is 1. The third-order valence-corrected chi connectivity index (χ3v) is 5.05. The number of ether oxygens (including phenoxy) is 1. The van der Waals surface area contributed by atoms with Crippen LogP contribution in [0.3, 0.4) is 0 Å². The van der Waals surface area contributed by atoms with Crippen LogP contribution in [0.2, 0.25) is 0 Å². The Bertz CT molecular complexity index is 1050. The van der Waals surface area contributed by atoms with Gasteiger partial charge in [-0.15, -0.1) is 0 Å². The third-order valence-electron chi connectivity index (χ3n) is 4.04. The van der Waals surface area contributed by atoms with E-state index in [-0.39, 0.29) is 11.7 Å². The van der Waals surface area contributed by atoms with Gasteiger partial charge in [0.2, 0.25) is 5.13 Å². The van der Waals surface area contributed by atoms with Crippen molar-refractivity contribution in [2.24, 2.45) is 5.10 Å². The number of hydrogen-bond donors (Lipinski definition) is 1. The molecule has 0 spiro atoms. The highest BCUT2D eigenvalue weighted by Crippen LogP contribution is 2.33. The average molecular weight is 365 g/mol. The van der Waals surface area contributed by atoms with Crippen molar-refractivity contribution in [3.05, 3.63) is 53.6 Å². The highest BCUT2D eigenvalue weighted by molar-refractivity contribution is 7.22. The minimum atomic E-state index is -0.228. The maximum Gasteiger partial charge on any atom is 0.282 e. The van der Waals surface area contributed by atoms with Crippen LogP contribution in [0.25, 0.3) is 16.3 Å². The van der Waals surface area contributed by atoms with Crippen molar-refractivity contribution in [2.75, 3.05) is 12.1 Å². The van der Waals surface area contributed by atoms with Gasteiger partial charge in [0.15, 0.2) is 11.5 Å². The van der Waals surface area contributed by atoms with Crippen LogP contribution in [0.1, 0.15) is 12.5 Å². The number of hydrogen-bond acceptors (Lipinski definition) is 6. The molecule has 0 fully saturated rings. The van der Waals surface area contributed by atoms with E-state index in [1.165, 1.54) is 29.5 Å². The normalized spacial score (nSPS) is 15.8. The lowest BCUT2D eigenvalue weighted by Crippen LogP contribution is -2.21. The number of phenolic OH excluding ortho intramolecular Hbond substituents is 1. The summed E-state index contributed by atoms with van der Waals surface area (Å²) in [5, 5.41) is 16.0. The molecule has 2 aromatic carbocycles. The Balaban J connectivity index is 1.70. The lowest BCUT2D eigenvalue weighted by atomic mass is 10.1. The Morgan fingerprint density at radius 1 is 1.23 bits per heavy atom. The first-order valence-corrected chi connectivity index (χ1v) is 8.73. The lowest BCUT2D eigenvalue weighted by Gasteiger charge is -2.07. The third kappa shape index (κ3) is 2.72. The van der Waals surface area contributed by atoms with Crippen molar-refractivity contribution >= 4 is 44.4 Å². The first-order valence-electron chi connectivity index (χ1n) is 7.91. The molecule has 0 aliphatic carbocycles. The summed E-state index contributed by atoms with van der Waals surface area (Å²) < 4.78 is 6.12. The topological polar surface area (TPSA) is 75.0 Å². The molecule has 7 heteroatoms. The number of hydrazone groups is 1. The molecule has 0 saturated carbocycles. The first kappa shape index (κ1) is 16.3. The van der Waals surface area contributed by atoms with Gasteiger partial charge in [-0.2, -0.15) is 10.1 Å². The summed E-state index contributed by atoms with van der Waals surface area (Å²) in [6.07, 6.45) is 1.73. The largest absolute Gasteiger partial charge is 0.504 e. The van der Waals surface area contributed by atoms with Gasteiger partial charge in [0.05, 0.1) is 28.6 Å². The van der Waals surface area contributed by atoms with Crippen LogP contribution >= 0.6 is 11.3 Å². The molecule has 1 aromatic heterocycles. The number of aromatic nitrogens is 1. The van der Waals surface area contributed by atoms with E-state index < -0.39 is 0 Å². The van der Waals surface area contributed by atoms with Crippen molar-refractivity contribution in [3.8, 4) is 11.5 Å². The Hall–Kier alpha value is -3.19. The number of methoxy groups -OCH3 is 1. The van der Waals surface area contributed by atoms with Gasteiger partial charge >= 0.3 is 0 Å². The number of para-hydroxylation sites is 1. The van der Waals surface area contributed by atoms with Gasteiger partial charge in [-0.3, -0.25) is 4.79 Å². The summed E-state index contributed by atoms with van der Waals surface area (Å²) in [5.74, 6) is 0.171. The van der Waals surface area contributed by atoms with E-state index in [1.54, 1.807) is 25.1 Å². The molecule has 0 saturated heterocycles. The van der Waals surface area contributed by atoms with Gasteiger partial charge in [0.1, 0.15) is 0 Å². The molecule has 1 aliphatic rings. The van der Waals surface area contributed by atoms with Crippen molar-refractivity contribution in [3.63, 3.8) is 0 Å². The maximum absolute atomic E-state index is 12.8. The average Bonchev–Trinajstić information content (AvgIpc) is 3.19. The Morgan fingerprint density at radius 2 is 2.04 bits per heavy atom. The van der Waals surface area contributed by atoms with Gasteiger partial charge in [0.25, 0.3) is 5.91 Å². The number of benzene rings is 2. The number of rotatable bonds is 3. The summed E-state index contributed by atoms with van der Waals surface area (Å²) in [4.78, 5) is 17.3. The quantitative estimate of drug-likeness (QED) is 0.716. The molecule has 4 rings (SSSR count). The number of carbonyl (C=O) groups excluding carboxylic acids is 1. The fourth-order valence-corrected chi connectivity index (χ4v) is 3.63. The van der Waals surface area contributed by atoms with Crippen LogP contribution in [0.5, 0.6) is 11.5 Å². The maximum atomic E-state index is 12.8. The van der Waals surface area contributed by atoms with Gasteiger partial charge in [-0.1, -0.05) is 29.5 Å². The first-order chi connectivity index (χ1) is 12.6. The second kappa shape index (κ2) is 6.27. The Labute approximate surface area is 153 Å². The van der Waals surface area contributed by atoms with Crippen molar-refractivity contribution < 1.29 is 14.6 Å². The van der Waals surface area contributed by atoms with Crippen molar-refractivity contribution in [1.82, 2.24) is 4.98 Å². The van der Waals surface area contributed by atoms with E-state index in [9.17, 15) is 9.90 Å². The lowest BCUT2D eigenvalue weighted by molar-refractivity contribution is -0.114. The van der Waals surface area contributed by atoms with Crippen LogP contribution in [-0.4, -0.2) is 28.8 Å². The SMILES string of the molecule is COc1cc(C=C2C(=O)N(c3nc4ccccc4s3)N=C2C)ccc1O. The fourth-order valence-electron chi connectivity index (χ4n) is 2.72. The molecule has 0 unspecified atom stereocenters. The predicted octanol–water partition coefficient (Wildman–Crippen LogP) is 3.82. The zero-order valence-corrected chi connectivity index (χ0v) is 14.9.